The second-order valence-corrected chi connectivity index (χ2v) is 4.11. The maximum Gasteiger partial charge on any atom is 0.241 e. The highest BCUT2D eigenvalue weighted by atomic mass is 16.5. The first-order chi connectivity index (χ1) is 9.19. The normalized spacial score (nSPS) is 12.3. The smallest absolute Gasteiger partial charge is 0.241 e. The molecule has 2 rings (SSSR count). The van der Waals surface area contributed by atoms with E-state index in [2.05, 4.69) is 25.3 Å². The number of nitrogen functional groups attached to an aromatic ring is 1. The maximum absolute atomic E-state index is 5.68. The predicted octanol–water partition coefficient (Wildman–Crippen LogP) is 0.476. The molecule has 0 aliphatic carbocycles. The van der Waals surface area contributed by atoms with Gasteiger partial charge in [-0.3, -0.25) is 4.57 Å². The number of rotatable bonds is 6. The van der Waals surface area contributed by atoms with E-state index in [0.29, 0.717) is 18.5 Å². The molecule has 2 heterocycles. The second-order valence-electron chi connectivity index (χ2n) is 4.11. The molecule has 8 nitrogen and oxygen atoms in total. The van der Waals surface area contributed by atoms with Crippen molar-refractivity contribution in [3.8, 4) is 5.95 Å². The first-order valence-corrected chi connectivity index (χ1v) is 5.94. The summed E-state index contributed by atoms with van der Waals surface area (Å²) in [6, 6.07) is 0.178. The molecule has 102 valence electrons. The van der Waals surface area contributed by atoms with E-state index < -0.39 is 0 Å². The van der Waals surface area contributed by atoms with Gasteiger partial charge in [0.2, 0.25) is 17.8 Å². The third-order valence-electron chi connectivity index (χ3n) is 2.51. The van der Waals surface area contributed by atoms with Gasteiger partial charge in [0.25, 0.3) is 0 Å². The van der Waals surface area contributed by atoms with E-state index in [4.69, 9.17) is 10.5 Å². The largest absolute Gasteiger partial charge is 0.385 e. The van der Waals surface area contributed by atoms with Crippen molar-refractivity contribution in [2.45, 2.75) is 19.4 Å². The standard InChI is InChI=1S/C11H17N7O/c1-8(3-6-19-2)14-10-15-9(12)16-11(17-10)18-5-4-13-7-18/h4-5,7-8H,3,6H2,1-2H3,(H3,12,14,15,16,17). The topological polar surface area (TPSA) is 104 Å². The minimum absolute atomic E-state index is 0.167. The van der Waals surface area contributed by atoms with Crippen molar-refractivity contribution in [1.82, 2.24) is 24.5 Å². The second kappa shape index (κ2) is 6.10. The third kappa shape index (κ3) is 3.62. The monoisotopic (exact) mass is 263 g/mol. The number of nitrogens with zero attached hydrogens (tertiary/aromatic N) is 5. The molecule has 0 amide bonds. The average Bonchev–Trinajstić information content (AvgIpc) is 2.89. The molecule has 1 atom stereocenters. The fourth-order valence-electron chi connectivity index (χ4n) is 1.53. The molecule has 8 heteroatoms. The first-order valence-electron chi connectivity index (χ1n) is 5.94. The van der Waals surface area contributed by atoms with Crippen LogP contribution in [0.3, 0.4) is 0 Å². The van der Waals surface area contributed by atoms with Crippen LogP contribution in [0.1, 0.15) is 13.3 Å². The van der Waals surface area contributed by atoms with Crippen molar-refractivity contribution < 1.29 is 4.74 Å². The third-order valence-corrected chi connectivity index (χ3v) is 2.51. The van der Waals surface area contributed by atoms with Gasteiger partial charge >= 0.3 is 0 Å². The molecule has 0 spiro atoms. The van der Waals surface area contributed by atoms with Gasteiger partial charge in [-0.2, -0.15) is 15.0 Å². The minimum Gasteiger partial charge on any atom is -0.385 e. The van der Waals surface area contributed by atoms with Gasteiger partial charge in [0.15, 0.2) is 0 Å². The van der Waals surface area contributed by atoms with E-state index in [0.717, 1.165) is 6.42 Å². The van der Waals surface area contributed by atoms with Crippen LogP contribution in [0.2, 0.25) is 0 Å². The van der Waals surface area contributed by atoms with Gasteiger partial charge in [-0.05, 0) is 13.3 Å². The lowest BCUT2D eigenvalue weighted by Gasteiger charge is -2.13. The van der Waals surface area contributed by atoms with E-state index in [-0.39, 0.29) is 12.0 Å². The minimum atomic E-state index is 0.167. The molecule has 1 unspecified atom stereocenters. The molecule has 0 aliphatic heterocycles. The highest BCUT2D eigenvalue weighted by Gasteiger charge is 2.08. The van der Waals surface area contributed by atoms with Crippen LogP contribution in [0.4, 0.5) is 11.9 Å². The lowest BCUT2D eigenvalue weighted by atomic mass is 10.2. The summed E-state index contributed by atoms with van der Waals surface area (Å²) in [5.41, 5.74) is 5.68. The molecule has 0 aromatic carbocycles. The van der Waals surface area contributed by atoms with Gasteiger partial charge in [0, 0.05) is 32.2 Å². The average molecular weight is 263 g/mol. The van der Waals surface area contributed by atoms with Gasteiger partial charge in [-0.25, -0.2) is 4.98 Å². The van der Waals surface area contributed by atoms with Gasteiger partial charge in [0.1, 0.15) is 6.33 Å². The van der Waals surface area contributed by atoms with E-state index >= 15 is 0 Å². The molecule has 3 N–H and O–H groups in total. The zero-order chi connectivity index (χ0) is 13.7. The summed E-state index contributed by atoms with van der Waals surface area (Å²) in [7, 11) is 1.67. The van der Waals surface area contributed by atoms with Crippen LogP contribution < -0.4 is 11.1 Å². The van der Waals surface area contributed by atoms with Gasteiger partial charge in [-0.1, -0.05) is 0 Å². The molecule has 0 saturated carbocycles. The van der Waals surface area contributed by atoms with E-state index in [1.54, 1.807) is 30.4 Å². The van der Waals surface area contributed by atoms with Crippen LogP contribution in [0, 0.1) is 0 Å². The summed E-state index contributed by atoms with van der Waals surface area (Å²) >= 11 is 0. The molecule has 0 saturated heterocycles. The number of ether oxygens (including phenoxy) is 1. The van der Waals surface area contributed by atoms with Gasteiger partial charge in [-0.15, -0.1) is 0 Å². The lowest BCUT2D eigenvalue weighted by Crippen LogP contribution is -2.20. The van der Waals surface area contributed by atoms with Crippen molar-refractivity contribution in [2.75, 3.05) is 24.8 Å². The Balaban J connectivity index is 2.13. The van der Waals surface area contributed by atoms with Crippen LogP contribution >= 0.6 is 0 Å². The summed E-state index contributed by atoms with van der Waals surface area (Å²) in [5.74, 6) is 1.05. The van der Waals surface area contributed by atoms with Gasteiger partial charge < -0.3 is 15.8 Å². The summed E-state index contributed by atoms with van der Waals surface area (Å²) in [4.78, 5) is 16.4. The quantitative estimate of drug-likeness (QED) is 0.780. The van der Waals surface area contributed by atoms with Crippen molar-refractivity contribution in [3.63, 3.8) is 0 Å². The Morgan fingerprint density at radius 2 is 2.26 bits per heavy atom. The summed E-state index contributed by atoms with van der Waals surface area (Å²) in [6.07, 6.45) is 5.84. The molecule has 0 aliphatic rings. The molecular weight excluding hydrogens is 246 g/mol. The Bertz CT molecular complexity index is 514. The first kappa shape index (κ1) is 13.2. The van der Waals surface area contributed by atoms with Crippen LogP contribution in [-0.2, 0) is 4.74 Å². The highest BCUT2D eigenvalue weighted by Crippen LogP contribution is 2.08. The highest BCUT2D eigenvalue weighted by molar-refractivity contribution is 5.35. The summed E-state index contributed by atoms with van der Waals surface area (Å²) in [6.45, 7) is 2.69. The van der Waals surface area contributed by atoms with Crippen LogP contribution in [0.5, 0.6) is 0 Å². The number of methoxy groups -OCH3 is 1. The Morgan fingerprint density at radius 1 is 1.42 bits per heavy atom. The number of nitrogens with two attached hydrogens (primary N) is 1. The van der Waals surface area contributed by atoms with Gasteiger partial charge in [0.05, 0.1) is 0 Å². The van der Waals surface area contributed by atoms with Crippen LogP contribution in [0.15, 0.2) is 18.7 Å². The molecule has 2 aromatic heterocycles. The Kier molecular flexibility index (Phi) is 4.24. The number of hydrogen-bond acceptors (Lipinski definition) is 7. The summed E-state index contributed by atoms with van der Waals surface area (Å²) in [5, 5.41) is 3.16. The molecule has 0 radical (unpaired) electrons. The molecule has 19 heavy (non-hydrogen) atoms. The van der Waals surface area contributed by atoms with Crippen molar-refractivity contribution in [3.05, 3.63) is 18.7 Å². The molecular formula is C11H17N7O. The SMILES string of the molecule is COCCC(C)Nc1nc(N)nc(-n2ccnc2)n1. The predicted molar refractivity (Wildman–Crippen MR) is 70.9 cm³/mol. The maximum atomic E-state index is 5.68. The molecule has 2 aromatic rings. The van der Waals surface area contributed by atoms with E-state index in [1.165, 1.54) is 0 Å². The Labute approximate surface area is 111 Å². The van der Waals surface area contributed by atoms with E-state index in [9.17, 15) is 0 Å². The lowest BCUT2D eigenvalue weighted by molar-refractivity contribution is 0.191. The zero-order valence-corrected chi connectivity index (χ0v) is 10.9. The van der Waals surface area contributed by atoms with Crippen molar-refractivity contribution in [2.24, 2.45) is 0 Å². The van der Waals surface area contributed by atoms with Crippen LogP contribution in [-0.4, -0.2) is 44.3 Å². The number of hydrogen-bond donors (Lipinski definition) is 2. The van der Waals surface area contributed by atoms with E-state index in [1.807, 2.05) is 6.92 Å². The fraction of sp³-hybridized carbons (Fsp3) is 0.455. The Morgan fingerprint density at radius 3 is 2.95 bits per heavy atom. The number of aromatic nitrogens is 5. The van der Waals surface area contributed by atoms with Crippen molar-refractivity contribution in [1.29, 1.82) is 0 Å². The van der Waals surface area contributed by atoms with Crippen molar-refractivity contribution >= 4 is 11.9 Å². The summed E-state index contributed by atoms with van der Waals surface area (Å²) < 4.78 is 6.70. The zero-order valence-electron chi connectivity index (χ0n) is 10.9. The fourth-order valence-corrected chi connectivity index (χ4v) is 1.53. The molecule has 0 fully saturated rings. The van der Waals surface area contributed by atoms with Crippen LogP contribution in [0.25, 0.3) is 5.95 Å². The number of anilines is 2. The Hall–Kier alpha value is -2.22. The number of nitrogens with one attached hydrogen (secondary N) is 1. The number of imidazole rings is 1. The molecule has 0 bridgehead atoms.